The van der Waals surface area contributed by atoms with Crippen LogP contribution in [0.2, 0.25) is 0 Å². The van der Waals surface area contributed by atoms with Crippen molar-refractivity contribution in [1.29, 1.82) is 0 Å². The van der Waals surface area contributed by atoms with E-state index in [1.165, 1.54) is 23.5 Å². The van der Waals surface area contributed by atoms with Gasteiger partial charge in [-0.2, -0.15) is 0 Å². The second-order valence-corrected chi connectivity index (χ2v) is 9.65. The standard InChI is InChI=1S/C21H14FN3O2S3/c1-11-9-28-21(23-11)29-10-14-13-4-2-3-5-16(13)27-18(14)19(26)25-20-24-15-7-6-12(22)8-17(15)30-20/h2-9H,10H2,1H3,(H,24,25,26). The van der Waals surface area contributed by atoms with Crippen LogP contribution in [-0.4, -0.2) is 15.9 Å². The zero-order valence-corrected chi connectivity index (χ0v) is 18.1. The van der Waals surface area contributed by atoms with Crippen molar-refractivity contribution in [2.45, 2.75) is 17.0 Å². The largest absolute Gasteiger partial charge is 0.451 e. The maximum absolute atomic E-state index is 13.4. The number of benzene rings is 2. The molecule has 0 unspecified atom stereocenters. The molecule has 0 radical (unpaired) electrons. The Morgan fingerprint density at radius 3 is 2.93 bits per heavy atom. The number of thiazole rings is 2. The van der Waals surface area contributed by atoms with Gasteiger partial charge in [0.25, 0.3) is 5.91 Å². The van der Waals surface area contributed by atoms with E-state index in [1.54, 1.807) is 29.2 Å². The van der Waals surface area contributed by atoms with Crippen LogP contribution in [0.25, 0.3) is 21.2 Å². The quantitative estimate of drug-likeness (QED) is 0.307. The third-order valence-electron chi connectivity index (χ3n) is 4.41. The third-order valence-corrected chi connectivity index (χ3v) is 7.51. The van der Waals surface area contributed by atoms with Gasteiger partial charge in [-0.25, -0.2) is 14.4 Å². The molecule has 3 aromatic heterocycles. The minimum atomic E-state index is -0.378. The van der Waals surface area contributed by atoms with Crippen molar-refractivity contribution >= 4 is 66.7 Å². The van der Waals surface area contributed by atoms with Gasteiger partial charge in [0, 0.05) is 27.8 Å². The molecule has 0 saturated carbocycles. The lowest BCUT2D eigenvalue weighted by Gasteiger charge is -2.02. The molecule has 0 aliphatic rings. The van der Waals surface area contributed by atoms with Gasteiger partial charge in [-0.15, -0.1) is 11.3 Å². The van der Waals surface area contributed by atoms with Gasteiger partial charge in [-0.05, 0) is 31.2 Å². The normalized spacial score (nSPS) is 11.4. The van der Waals surface area contributed by atoms with Crippen LogP contribution in [0.5, 0.6) is 0 Å². The molecule has 0 fully saturated rings. The van der Waals surface area contributed by atoms with Crippen molar-refractivity contribution in [3.63, 3.8) is 0 Å². The Kier molecular flexibility index (Phi) is 5.01. The number of amides is 1. The Morgan fingerprint density at radius 1 is 1.23 bits per heavy atom. The Morgan fingerprint density at radius 2 is 2.10 bits per heavy atom. The van der Waals surface area contributed by atoms with Crippen LogP contribution in [0.15, 0.2) is 56.6 Å². The van der Waals surface area contributed by atoms with Crippen molar-refractivity contribution in [3.8, 4) is 0 Å². The summed E-state index contributed by atoms with van der Waals surface area (Å²) in [5, 5.41) is 6.10. The lowest BCUT2D eigenvalue weighted by Crippen LogP contribution is -2.12. The fraction of sp³-hybridized carbons (Fsp3) is 0.0952. The topological polar surface area (TPSA) is 68.0 Å². The highest BCUT2D eigenvalue weighted by molar-refractivity contribution is 8.00. The van der Waals surface area contributed by atoms with Crippen molar-refractivity contribution in [3.05, 3.63) is 70.7 Å². The number of hydrogen-bond donors (Lipinski definition) is 1. The monoisotopic (exact) mass is 455 g/mol. The number of carbonyl (C=O) groups excluding carboxylic acids is 1. The van der Waals surface area contributed by atoms with Gasteiger partial charge in [0.15, 0.2) is 10.9 Å². The van der Waals surface area contributed by atoms with Crippen molar-refractivity contribution in [2.75, 3.05) is 5.32 Å². The summed E-state index contributed by atoms with van der Waals surface area (Å²) in [6.07, 6.45) is 0. The van der Waals surface area contributed by atoms with Gasteiger partial charge >= 0.3 is 0 Å². The third kappa shape index (κ3) is 3.71. The summed E-state index contributed by atoms with van der Waals surface area (Å²) in [5.74, 6) is 0.0923. The van der Waals surface area contributed by atoms with Crippen molar-refractivity contribution in [1.82, 2.24) is 9.97 Å². The fourth-order valence-corrected chi connectivity index (χ4v) is 5.83. The van der Waals surface area contributed by atoms with Crippen LogP contribution in [0.3, 0.4) is 0 Å². The van der Waals surface area contributed by atoms with Crippen LogP contribution >= 0.6 is 34.4 Å². The highest BCUT2D eigenvalue weighted by Gasteiger charge is 2.22. The number of nitrogens with one attached hydrogen (secondary N) is 1. The number of fused-ring (bicyclic) bond motifs is 2. The van der Waals surface area contributed by atoms with E-state index in [0.717, 1.165) is 21.0 Å². The van der Waals surface area contributed by atoms with E-state index in [2.05, 4.69) is 15.3 Å². The number of aromatic nitrogens is 2. The number of rotatable bonds is 5. The SMILES string of the molecule is Cc1csc(SCc2c(C(=O)Nc3nc4ccc(F)cc4s3)oc3ccccc23)n1. The van der Waals surface area contributed by atoms with Crippen LogP contribution in [0, 0.1) is 12.7 Å². The molecular formula is C21H14FN3O2S3. The number of thioether (sulfide) groups is 1. The van der Waals surface area contributed by atoms with Crippen LogP contribution in [0.1, 0.15) is 21.8 Å². The molecule has 1 N–H and O–H groups in total. The number of anilines is 1. The summed E-state index contributed by atoms with van der Waals surface area (Å²) in [6.45, 7) is 1.95. The zero-order chi connectivity index (χ0) is 20.7. The second kappa shape index (κ2) is 7.82. The summed E-state index contributed by atoms with van der Waals surface area (Å²) < 4.78 is 20.9. The first kappa shape index (κ1) is 19.2. The first-order valence-electron chi connectivity index (χ1n) is 8.99. The van der Waals surface area contributed by atoms with Gasteiger partial charge < -0.3 is 4.42 Å². The van der Waals surface area contributed by atoms with Gasteiger partial charge in [0.2, 0.25) is 0 Å². The second-order valence-electron chi connectivity index (χ2n) is 6.53. The Labute approximate surface area is 183 Å². The first-order chi connectivity index (χ1) is 14.6. The number of aryl methyl sites for hydroxylation is 1. The summed E-state index contributed by atoms with van der Waals surface area (Å²) in [4.78, 5) is 21.9. The average Bonchev–Trinajstić information content (AvgIpc) is 3.42. The van der Waals surface area contributed by atoms with E-state index < -0.39 is 0 Å². The molecule has 0 bridgehead atoms. The van der Waals surface area contributed by atoms with E-state index in [1.807, 2.05) is 36.6 Å². The number of nitrogens with zero attached hydrogens (tertiary/aromatic N) is 2. The Hall–Kier alpha value is -2.75. The molecule has 1 amide bonds. The van der Waals surface area contributed by atoms with E-state index in [0.29, 0.717) is 26.7 Å². The predicted molar refractivity (Wildman–Crippen MR) is 120 cm³/mol. The summed E-state index contributed by atoms with van der Waals surface area (Å²) in [6, 6.07) is 11.9. The number of carbonyl (C=O) groups is 1. The zero-order valence-electron chi connectivity index (χ0n) is 15.6. The Balaban J connectivity index is 1.46. The van der Waals surface area contributed by atoms with Crippen LogP contribution < -0.4 is 5.32 Å². The molecule has 0 aliphatic carbocycles. The molecule has 5 aromatic rings. The lowest BCUT2D eigenvalue weighted by molar-refractivity contribution is 0.0998. The Bertz CT molecular complexity index is 1390. The number of furan rings is 1. The van der Waals surface area contributed by atoms with Gasteiger partial charge in [0.05, 0.1) is 10.2 Å². The minimum Gasteiger partial charge on any atom is -0.451 e. The first-order valence-corrected chi connectivity index (χ1v) is 11.7. The van der Waals surface area contributed by atoms with Gasteiger partial charge in [-0.3, -0.25) is 10.1 Å². The summed E-state index contributed by atoms with van der Waals surface area (Å²) in [7, 11) is 0. The van der Waals surface area contributed by atoms with Gasteiger partial charge in [-0.1, -0.05) is 41.3 Å². The molecule has 5 nitrogen and oxygen atoms in total. The summed E-state index contributed by atoms with van der Waals surface area (Å²) in [5.41, 5.74) is 3.08. The van der Waals surface area contributed by atoms with Crippen LogP contribution in [-0.2, 0) is 5.75 Å². The maximum atomic E-state index is 13.4. The van der Waals surface area contributed by atoms with Gasteiger partial charge in [0.1, 0.15) is 15.7 Å². The lowest BCUT2D eigenvalue weighted by atomic mass is 10.1. The van der Waals surface area contributed by atoms with Crippen molar-refractivity contribution < 1.29 is 13.6 Å². The molecule has 150 valence electrons. The highest BCUT2D eigenvalue weighted by Crippen LogP contribution is 2.34. The van der Waals surface area contributed by atoms with Crippen LogP contribution in [0.4, 0.5) is 9.52 Å². The molecule has 30 heavy (non-hydrogen) atoms. The number of hydrogen-bond acceptors (Lipinski definition) is 7. The minimum absolute atomic E-state index is 0.252. The molecule has 0 spiro atoms. The summed E-state index contributed by atoms with van der Waals surface area (Å²) >= 11 is 4.37. The van der Waals surface area contributed by atoms with Crippen molar-refractivity contribution in [2.24, 2.45) is 0 Å². The molecule has 0 atom stereocenters. The molecule has 0 aliphatic heterocycles. The smallest absolute Gasteiger partial charge is 0.293 e. The average molecular weight is 456 g/mol. The molecule has 3 heterocycles. The molecule has 0 saturated heterocycles. The van der Waals surface area contributed by atoms with E-state index in [-0.39, 0.29) is 17.5 Å². The maximum Gasteiger partial charge on any atom is 0.293 e. The van der Waals surface area contributed by atoms with E-state index >= 15 is 0 Å². The fourth-order valence-electron chi connectivity index (χ4n) is 3.06. The predicted octanol–water partition coefficient (Wildman–Crippen LogP) is 6.49. The molecule has 5 rings (SSSR count). The van der Waals surface area contributed by atoms with E-state index in [4.69, 9.17) is 4.42 Å². The number of para-hydroxylation sites is 1. The molecule has 9 heteroatoms. The van der Waals surface area contributed by atoms with E-state index in [9.17, 15) is 9.18 Å². The highest BCUT2D eigenvalue weighted by atomic mass is 32.2. The molecular weight excluding hydrogens is 441 g/mol. The molecule has 2 aromatic carbocycles. The number of halogens is 1.